The molecular formula is C13H18FNO. The normalized spacial score (nSPS) is 25.4. The first-order valence-corrected chi connectivity index (χ1v) is 5.90. The lowest BCUT2D eigenvalue weighted by atomic mass is 9.87. The summed E-state index contributed by atoms with van der Waals surface area (Å²) < 4.78 is 12.8. The third-order valence-electron chi connectivity index (χ3n) is 3.34. The lowest BCUT2D eigenvalue weighted by molar-refractivity contribution is 0.360. The van der Waals surface area contributed by atoms with Gasteiger partial charge in [0.1, 0.15) is 11.6 Å². The molecule has 1 aromatic rings. The number of hydrogen-bond donors (Lipinski definition) is 2. The molecule has 2 N–H and O–H groups in total. The van der Waals surface area contributed by atoms with Gasteiger partial charge in [0.25, 0.3) is 0 Å². The van der Waals surface area contributed by atoms with Gasteiger partial charge in [0.2, 0.25) is 0 Å². The fraction of sp³-hybridized carbons (Fsp3) is 0.538. The minimum Gasteiger partial charge on any atom is -0.506 e. The minimum absolute atomic E-state index is 0.00128. The van der Waals surface area contributed by atoms with Crippen LogP contribution >= 0.6 is 0 Å². The summed E-state index contributed by atoms with van der Waals surface area (Å²) in [4.78, 5) is 0. The van der Waals surface area contributed by atoms with Gasteiger partial charge in [-0.3, -0.25) is 0 Å². The first kappa shape index (κ1) is 11.2. The summed E-state index contributed by atoms with van der Waals surface area (Å²) in [5.41, 5.74) is 0.640. The summed E-state index contributed by atoms with van der Waals surface area (Å²) in [5, 5.41) is 12.9. The van der Waals surface area contributed by atoms with Gasteiger partial charge in [0, 0.05) is 12.1 Å². The van der Waals surface area contributed by atoms with Crippen molar-refractivity contribution in [3.63, 3.8) is 0 Å². The quantitative estimate of drug-likeness (QED) is 0.752. The highest BCUT2D eigenvalue weighted by Gasteiger charge is 2.18. The number of anilines is 1. The van der Waals surface area contributed by atoms with E-state index in [9.17, 15) is 9.50 Å². The van der Waals surface area contributed by atoms with Crippen molar-refractivity contribution in [2.24, 2.45) is 5.92 Å². The van der Waals surface area contributed by atoms with Gasteiger partial charge in [-0.05, 0) is 43.7 Å². The molecule has 88 valence electrons. The Morgan fingerprint density at radius 1 is 1.25 bits per heavy atom. The maximum absolute atomic E-state index is 12.8. The number of phenols is 1. The molecule has 1 aliphatic carbocycles. The van der Waals surface area contributed by atoms with Crippen LogP contribution in [0.2, 0.25) is 0 Å². The summed E-state index contributed by atoms with van der Waals surface area (Å²) >= 11 is 0. The molecule has 0 atom stereocenters. The van der Waals surface area contributed by atoms with Crippen LogP contribution in [-0.2, 0) is 0 Å². The van der Waals surface area contributed by atoms with Gasteiger partial charge in [-0.25, -0.2) is 4.39 Å². The van der Waals surface area contributed by atoms with E-state index >= 15 is 0 Å². The van der Waals surface area contributed by atoms with Crippen molar-refractivity contribution in [2.45, 2.75) is 38.6 Å². The van der Waals surface area contributed by atoms with Crippen molar-refractivity contribution in [3.05, 3.63) is 24.0 Å². The molecule has 3 heteroatoms. The monoisotopic (exact) mass is 223 g/mol. The van der Waals surface area contributed by atoms with Crippen molar-refractivity contribution in [1.29, 1.82) is 0 Å². The Bertz CT molecular complexity index is 359. The van der Waals surface area contributed by atoms with Gasteiger partial charge in [-0.15, -0.1) is 0 Å². The second kappa shape index (κ2) is 4.73. The number of halogens is 1. The van der Waals surface area contributed by atoms with Gasteiger partial charge in [-0.2, -0.15) is 0 Å². The predicted octanol–water partition coefficient (Wildman–Crippen LogP) is 3.52. The maximum Gasteiger partial charge on any atom is 0.141 e. The van der Waals surface area contributed by atoms with E-state index in [0.29, 0.717) is 11.7 Å². The molecule has 0 aromatic heterocycles. The van der Waals surface area contributed by atoms with Crippen LogP contribution in [-0.4, -0.2) is 11.1 Å². The molecule has 0 unspecified atom stereocenters. The van der Waals surface area contributed by atoms with Crippen molar-refractivity contribution >= 4 is 5.69 Å². The van der Waals surface area contributed by atoms with Crippen molar-refractivity contribution in [3.8, 4) is 5.75 Å². The van der Waals surface area contributed by atoms with Crippen LogP contribution < -0.4 is 5.32 Å². The Balaban J connectivity index is 1.98. The van der Waals surface area contributed by atoms with Crippen LogP contribution in [0.5, 0.6) is 5.75 Å². The fourth-order valence-corrected chi connectivity index (χ4v) is 2.25. The Morgan fingerprint density at radius 2 is 1.94 bits per heavy atom. The molecular weight excluding hydrogens is 205 g/mol. The molecule has 0 radical (unpaired) electrons. The molecule has 0 heterocycles. The molecule has 1 fully saturated rings. The first-order valence-electron chi connectivity index (χ1n) is 5.90. The van der Waals surface area contributed by atoms with E-state index < -0.39 is 5.82 Å². The fourth-order valence-electron chi connectivity index (χ4n) is 2.25. The van der Waals surface area contributed by atoms with Crippen molar-refractivity contribution < 1.29 is 9.50 Å². The molecule has 0 spiro atoms. The lowest BCUT2D eigenvalue weighted by Gasteiger charge is -2.27. The molecule has 0 bridgehead atoms. The number of rotatable bonds is 2. The zero-order chi connectivity index (χ0) is 11.5. The zero-order valence-electron chi connectivity index (χ0n) is 9.54. The summed E-state index contributed by atoms with van der Waals surface area (Å²) in [7, 11) is 0. The average Bonchev–Trinajstić information content (AvgIpc) is 2.25. The Morgan fingerprint density at radius 3 is 2.56 bits per heavy atom. The van der Waals surface area contributed by atoms with Crippen LogP contribution in [0, 0.1) is 11.7 Å². The second-order valence-electron chi connectivity index (χ2n) is 4.76. The summed E-state index contributed by atoms with van der Waals surface area (Å²) in [6.07, 6.45) is 4.69. The van der Waals surface area contributed by atoms with Crippen LogP contribution in [0.15, 0.2) is 18.2 Å². The molecule has 1 aromatic carbocycles. The maximum atomic E-state index is 12.8. The van der Waals surface area contributed by atoms with Crippen LogP contribution in [0.1, 0.15) is 32.6 Å². The Hall–Kier alpha value is -1.25. The number of phenolic OH excluding ortho intramolecular Hbond substituents is 1. The Kier molecular flexibility index (Phi) is 3.32. The third kappa shape index (κ3) is 2.65. The van der Waals surface area contributed by atoms with E-state index in [1.807, 2.05) is 0 Å². The van der Waals surface area contributed by atoms with Gasteiger partial charge < -0.3 is 10.4 Å². The molecule has 2 nitrogen and oxygen atoms in total. The number of benzene rings is 1. The highest BCUT2D eigenvalue weighted by Crippen LogP contribution is 2.29. The van der Waals surface area contributed by atoms with E-state index in [4.69, 9.17) is 0 Å². The molecule has 1 aliphatic rings. The van der Waals surface area contributed by atoms with Gasteiger partial charge in [0.05, 0.1) is 5.69 Å². The van der Waals surface area contributed by atoms with Crippen LogP contribution in [0.4, 0.5) is 10.1 Å². The average molecular weight is 223 g/mol. The lowest BCUT2D eigenvalue weighted by Crippen LogP contribution is -2.25. The summed E-state index contributed by atoms with van der Waals surface area (Å²) in [6.45, 7) is 2.27. The largest absolute Gasteiger partial charge is 0.506 e. The number of aromatic hydroxyl groups is 1. The molecule has 1 saturated carbocycles. The van der Waals surface area contributed by atoms with Gasteiger partial charge >= 0.3 is 0 Å². The Labute approximate surface area is 95.5 Å². The van der Waals surface area contributed by atoms with E-state index in [2.05, 4.69) is 12.2 Å². The second-order valence-corrected chi connectivity index (χ2v) is 4.76. The summed E-state index contributed by atoms with van der Waals surface area (Å²) in [5.74, 6) is 0.402. The smallest absolute Gasteiger partial charge is 0.141 e. The number of nitrogens with one attached hydrogen (secondary N) is 1. The predicted molar refractivity (Wildman–Crippen MR) is 63.1 cm³/mol. The molecule has 0 saturated heterocycles. The first-order chi connectivity index (χ1) is 7.65. The SMILES string of the molecule is C[C@H]1CC[C@@H](Nc2ccc(F)cc2O)CC1. The highest BCUT2D eigenvalue weighted by molar-refractivity contribution is 5.56. The van der Waals surface area contributed by atoms with E-state index in [0.717, 1.165) is 24.8 Å². The van der Waals surface area contributed by atoms with E-state index in [1.54, 1.807) is 6.07 Å². The van der Waals surface area contributed by atoms with Gasteiger partial charge in [-0.1, -0.05) is 6.92 Å². The molecule has 2 rings (SSSR count). The van der Waals surface area contributed by atoms with Crippen LogP contribution in [0.25, 0.3) is 0 Å². The topological polar surface area (TPSA) is 32.3 Å². The number of hydrogen-bond acceptors (Lipinski definition) is 2. The van der Waals surface area contributed by atoms with Crippen molar-refractivity contribution in [2.75, 3.05) is 5.32 Å². The zero-order valence-corrected chi connectivity index (χ0v) is 9.54. The summed E-state index contributed by atoms with van der Waals surface area (Å²) in [6, 6.07) is 4.52. The van der Waals surface area contributed by atoms with Gasteiger partial charge in [0.15, 0.2) is 0 Å². The highest BCUT2D eigenvalue weighted by atomic mass is 19.1. The van der Waals surface area contributed by atoms with E-state index in [-0.39, 0.29) is 5.75 Å². The molecule has 0 aliphatic heterocycles. The molecule has 16 heavy (non-hydrogen) atoms. The third-order valence-corrected chi connectivity index (χ3v) is 3.34. The van der Waals surface area contributed by atoms with Crippen molar-refractivity contribution in [1.82, 2.24) is 0 Å². The standard InChI is InChI=1S/C13H18FNO/c1-9-2-5-11(6-3-9)15-12-7-4-10(14)8-13(12)16/h4,7-9,11,15-16H,2-3,5-6H2,1H3/t9-,11+. The van der Waals surface area contributed by atoms with E-state index in [1.165, 1.54) is 18.9 Å². The molecule has 0 amide bonds. The minimum atomic E-state index is -0.402. The van der Waals surface area contributed by atoms with Crippen LogP contribution in [0.3, 0.4) is 0 Å².